The van der Waals surface area contributed by atoms with E-state index in [4.69, 9.17) is 0 Å². The van der Waals surface area contributed by atoms with Gasteiger partial charge in [-0.1, -0.05) is 6.07 Å². The Balaban J connectivity index is 1.84. The van der Waals surface area contributed by atoms with Crippen molar-refractivity contribution < 1.29 is 4.79 Å². The highest BCUT2D eigenvalue weighted by Crippen LogP contribution is 2.04. The molecule has 0 radical (unpaired) electrons. The van der Waals surface area contributed by atoms with Crippen molar-refractivity contribution in [2.75, 3.05) is 0 Å². The number of pyridine rings is 1. The molecule has 0 aliphatic rings. The van der Waals surface area contributed by atoms with Crippen LogP contribution in [0.3, 0.4) is 0 Å². The lowest BCUT2D eigenvalue weighted by molar-refractivity contribution is -0.118. The summed E-state index contributed by atoms with van der Waals surface area (Å²) in [6.45, 7) is 0. The van der Waals surface area contributed by atoms with Crippen molar-refractivity contribution in [1.29, 1.82) is 0 Å². The maximum atomic E-state index is 11.7. The van der Waals surface area contributed by atoms with Gasteiger partial charge in [0, 0.05) is 43.7 Å². The van der Waals surface area contributed by atoms with Gasteiger partial charge in [-0.3, -0.25) is 14.5 Å². The molecular formula is C13H15N3O. The van der Waals surface area contributed by atoms with Crippen molar-refractivity contribution in [2.45, 2.75) is 19.3 Å². The van der Waals surface area contributed by atoms with Crippen LogP contribution in [-0.2, 0) is 24.7 Å². The topological polar surface area (TPSA) is 47.8 Å². The van der Waals surface area contributed by atoms with Gasteiger partial charge in [0.2, 0.25) is 0 Å². The maximum absolute atomic E-state index is 11.7. The Morgan fingerprint density at radius 1 is 1.29 bits per heavy atom. The third kappa shape index (κ3) is 3.24. The Morgan fingerprint density at radius 3 is 2.82 bits per heavy atom. The van der Waals surface area contributed by atoms with E-state index in [2.05, 4.69) is 10.1 Å². The summed E-state index contributed by atoms with van der Waals surface area (Å²) in [7, 11) is 1.89. The van der Waals surface area contributed by atoms with E-state index in [1.54, 1.807) is 17.1 Å². The van der Waals surface area contributed by atoms with Gasteiger partial charge in [-0.2, -0.15) is 5.10 Å². The second-order valence-corrected chi connectivity index (χ2v) is 3.98. The largest absolute Gasteiger partial charge is 0.299 e. The van der Waals surface area contributed by atoms with Crippen LogP contribution >= 0.6 is 0 Å². The zero-order valence-electron chi connectivity index (χ0n) is 9.84. The first-order chi connectivity index (χ1) is 8.25. The molecule has 2 aromatic rings. The highest BCUT2D eigenvalue weighted by molar-refractivity contribution is 5.80. The molecule has 0 amide bonds. The molecule has 0 saturated carbocycles. The lowest BCUT2D eigenvalue weighted by Crippen LogP contribution is -2.07. The van der Waals surface area contributed by atoms with E-state index in [0.29, 0.717) is 12.8 Å². The fourth-order valence-corrected chi connectivity index (χ4v) is 1.71. The fourth-order valence-electron chi connectivity index (χ4n) is 1.71. The van der Waals surface area contributed by atoms with Crippen molar-refractivity contribution in [3.05, 3.63) is 48.0 Å². The van der Waals surface area contributed by atoms with E-state index in [1.165, 1.54) is 0 Å². The molecule has 0 aliphatic heterocycles. The second kappa shape index (κ2) is 5.39. The molecule has 2 rings (SSSR count). The summed E-state index contributed by atoms with van der Waals surface area (Å²) in [5.74, 6) is 0.213. The lowest BCUT2D eigenvalue weighted by Gasteiger charge is -2.02. The van der Waals surface area contributed by atoms with E-state index in [0.717, 1.165) is 17.8 Å². The van der Waals surface area contributed by atoms with Gasteiger partial charge >= 0.3 is 0 Å². The molecule has 4 heteroatoms. The molecule has 88 valence electrons. The number of rotatable bonds is 5. The summed E-state index contributed by atoms with van der Waals surface area (Å²) in [6.07, 6.45) is 5.15. The minimum absolute atomic E-state index is 0.213. The van der Waals surface area contributed by atoms with Crippen molar-refractivity contribution in [3.63, 3.8) is 0 Å². The molecule has 0 saturated heterocycles. The number of hydrogen-bond donors (Lipinski definition) is 0. The molecule has 0 aromatic carbocycles. The van der Waals surface area contributed by atoms with E-state index < -0.39 is 0 Å². The molecule has 0 bridgehead atoms. The molecule has 2 aromatic heterocycles. The molecule has 2 heterocycles. The lowest BCUT2D eigenvalue weighted by atomic mass is 10.1. The molecule has 0 unspecified atom stereocenters. The predicted molar refractivity (Wildman–Crippen MR) is 64.5 cm³/mol. The molecule has 0 atom stereocenters. The summed E-state index contributed by atoms with van der Waals surface area (Å²) in [6, 6.07) is 7.57. The van der Waals surface area contributed by atoms with Gasteiger partial charge in [-0.25, -0.2) is 0 Å². The molecule has 4 nitrogen and oxygen atoms in total. The number of aryl methyl sites for hydroxylation is 2. The summed E-state index contributed by atoms with van der Waals surface area (Å²) >= 11 is 0. The molecule has 17 heavy (non-hydrogen) atoms. The molecular weight excluding hydrogens is 214 g/mol. The van der Waals surface area contributed by atoms with Crippen LogP contribution in [0.2, 0.25) is 0 Å². The zero-order valence-corrected chi connectivity index (χ0v) is 9.84. The number of ketones is 1. The highest BCUT2D eigenvalue weighted by Gasteiger charge is 2.06. The van der Waals surface area contributed by atoms with Gasteiger partial charge in [0.15, 0.2) is 0 Å². The normalized spacial score (nSPS) is 10.4. The van der Waals surface area contributed by atoms with Gasteiger partial charge in [0.1, 0.15) is 5.78 Å². The molecule has 0 spiro atoms. The second-order valence-electron chi connectivity index (χ2n) is 3.98. The molecule has 0 N–H and O–H groups in total. The minimum atomic E-state index is 0.213. The number of aromatic nitrogens is 3. The van der Waals surface area contributed by atoms with Gasteiger partial charge < -0.3 is 0 Å². The molecule has 0 aliphatic carbocycles. The first-order valence-corrected chi connectivity index (χ1v) is 5.64. The summed E-state index contributed by atoms with van der Waals surface area (Å²) in [5.41, 5.74) is 1.92. The third-order valence-electron chi connectivity index (χ3n) is 2.69. The van der Waals surface area contributed by atoms with Crippen LogP contribution in [-0.4, -0.2) is 20.5 Å². The van der Waals surface area contributed by atoms with Crippen LogP contribution < -0.4 is 0 Å². The van der Waals surface area contributed by atoms with Crippen molar-refractivity contribution in [2.24, 2.45) is 7.05 Å². The monoisotopic (exact) mass is 229 g/mol. The Kier molecular flexibility index (Phi) is 3.65. The van der Waals surface area contributed by atoms with E-state index >= 15 is 0 Å². The average molecular weight is 229 g/mol. The van der Waals surface area contributed by atoms with Crippen LogP contribution in [0.4, 0.5) is 0 Å². The zero-order chi connectivity index (χ0) is 12.1. The van der Waals surface area contributed by atoms with Crippen molar-refractivity contribution in [1.82, 2.24) is 14.8 Å². The van der Waals surface area contributed by atoms with Gasteiger partial charge in [0.05, 0.1) is 0 Å². The summed E-state index contributed by atoms with van der Waals surface area (Å²) in [4.78, 5) is 15.9. The molecule has 0 fully saturated rings. The number of carbonyl (C=O) groups is 1. The van der Waals surface area contributed by atoms with Crippen LogP contribution in [0.15, 0.2) is 36.7 Å². The average Bonchev–Trinajstić information content (AvgIpc) is 2.74. The van der Waals surface area contributed by atoms with E-state index in [1.807, 2.05) is 31.3 Å². The Hall–Kier alpha value is -1.97. The SMILES string of the molecule is Cn1nccc1CCC(=O)Cc1ccccn1. The standard InChI is InChI=1S/C13H15N3O/c1-16-12(7-9-15-16)5-6-13(17)10-11-4-2-3-8-14-11/h2-4,7-9H,5-6,10H2,1H3. The summed E-state index contributed by atoms with van der Waals surface area (Å²) < 4.78 is 1.80. The van der Waals surface area contributed by atoms with Gasteiger partial charge in [-0.15, -0.1) is 0 Å². The van der Waals surface area contributed by atoms with Crippen LogP contribution in [0.5, 0.6) is 0 Å². The first kappa shape index (κ1) is 11.5. The minimum Gasteiger partial charge on any atom is -0.299 e. The first-order valence-electron chi connectivity index (χ1n) is 5.64. The number of hydrogen-bond acceptors (Lipinski definition) is 3. The van der Waals surface area contributed by atoms with E-state index in [-0.39, 0.29) is 5.78 Å². The third-order valence-corrected chi connectivity index (χ3v) is 2.69. The smallest absolute Gasteiger partial charge is 0.139 e. The van der Waals surface area contributed by atoms with Crippen LogP contribution in [0, 0.1) is 0 Å². The van der Waals surface area contributed by atoms with Crippen LogP contribution in [0.25, 0.3) is 0 Å². The Labute approximate surface area is 100 Å². The summed E-state index contributed by atoms with van der Waals surface area (Å²) in [5, 5.41) is 4.07. The highest BCUT2D eigenvalue weighted by atomic mass is 16.1. The van der Waals surface area contributed by atoms with Crippen molar-refractivity contribution >= 4 is 5.78 Å². The van der Waals surface area contributed by atoms with Crippen molar-refractivity contribution in [3.8, 4) is 0 Å². The van der Waals surface area contributed by atoms with Gasteiger partial charge in [0.25, 0.3) is 0 Å². The fraction of sp³-hybridized carbons (Fsp3) is 0.308. The Bertz CT molecular complexity index is 490. The maximum Gasteiger partial charge on any atom is 0.139 e. The quantitative estimate of drug-likeness (QED) is 0.781. The number of carbonyl (C=O) groups excluding carboxylic acids is 1. The number of Topliss-reactive ketones (excluding diaryl/α,β-unsaturated/α-hetero) is 1. The number of nitrogens with zero attached hydrogens (tertiary/aromatic N) is 3. The van der Waals surface area contributed by atoms with Gasteiger partial charge in [-0.05, 0) is 24.6 Å². The van der Waals surface area contributed by atoms with E-state index in [9.17, 15) is 4.79 Å². The predicted octanol–water partition coefficient (Wildman–Crippen LogP) is 1.56. The van der Waals surface area contributed by atoms with Crippen LogP contribution in [0.1, 0.15) is 17.8 Å². The Morgan fingerprint density at radius 2 is 2.18 bits per heavy atom.